The topological polar surface area (TPSA) is 81.1 Å². The van der Waals surface area contributed by atoms with E-state index in [1.807, 2.05) is 16.8 Å². The molecule has 0 spiro atoms. The van der Waals surface area contributed by atoms with Gasteiger partial charge in [0, 0.05) is 26.6 Å². The van der Waals surface area contributed by atoms with Gasteiger partial charge in [-0.2, -0.15) is 11.3 Å². The van der Waals surface area contributed by atoms with Crippen LogP contribution in [0.25, 0.3) is 0 Å². The third-order valence-corrected chi connectivity index (χ3v) is 3.87. The molecule has 1 aromatic rings. The van der Waals surface area contributed by atoms with E-state index in [2.05, 4.69) is 0 Å². The van der Waals surface area contributed by atoms with Crippen molar-refractivity contribution in [3.63, 3.8) is 0 Å². The molecule has 1 saturated heterocycles. The van der Waals surface area contributed by atoms with Crippen LogP contribution in [-0.4, -0.2) is 57.8 Å². The van der Waals surface area contributed by atoms with Crippen molar-refractivity contribution in [3.8, 4) is 0 Å². The minimum atomic E-state index is -1.08. The minimum absolute atomic E-state index is 0.0732. The normalized spacial score (nSPS) is 22.5. The maximum absolute atomic E-state index is 12.2. The van der Waals surface area contributed by atoms with Gasteiger partial charge in [-0.05, 0) is 22.4 Å². The molecule has 0 unspecified atom stereocenters. The van der Waals surface area contributed by atoms with Crippen LogP contribution >= 0.6 is 11.3 Å². The van der Waals surface area contributed by atoms with Crippen molar-refractivity contribution >= 4 is 23.3 Å². The summed E-state index contributed by atoms with van der Waals surface area (Å²) in [5, 5.41) is 22.5. The number of hydrogen-bond donors (Lipinski definition) is 2. The van der Waals surface area contributed by atoms with Crippen molar-refractivity contribution in [1.29, 1.82) is 0 Å². The zero-order chi connectivity index (χ0) is 14.0. The molecule has 2 heterocycles. The summed E-state index contributed by atoms with van der Waals surface area (Å²) in [6.07, 6.45) is -0.674. The number of aliphatic carboxylic acids is 1. The van der Waals surface area contributed by atoms with Crippen LogP contribution in [0.3, 0.4) is 0 Å². The van der Waals surface area contributed by atoms with E-state index in [9.17, 15) is 14.7 Å². The SMILES string of the molecule is CN(Cc1ccsc1)C(=O)N1C[C@@H](O)C[C@H]1C(=O)O. The number of carbonyl (C=O) groups excluding carboxylic acids is 1. The molecule has 1 fully saturated rings. The Morgan fingerprint density at radius 2 is 2.32 bits per heavy atom. The molecule has 2 atom stereocenters. The number of carboxylic acid groups (broad SMARTS) is 1. The fourth-order valence-corrected chi connectivity index (χ4v) is 2.86. The van der Waals surface area contributed by atoms with Crippen molar-refractivity contribution in [2.24, 2.45) is 0 Å². The number of β-amino-alcohol motifs (C(OH)–C–C–N with tert-alkyl or cyclic N) is 1. The van der Waals surface area contributed by atoms with E-state index >= 15 is 0 Å². The van der Waals surface area contributed by atoms with E-state index in [1.165, 1.54) is 9.80 Å². The van der Waals surface area contributed by atoms with E-state index in [0.717, 1.165) is 5.56 Å². The highest BCUT2D eigenvalue weighted by Gasteiger charge is 2.39. The van der Waals surface area contributed by atoms with Crippen LogP contribution in [0.2, 0.25) is 0 Å². The molecule has 2 amide bonds. The monoisotopic (exact) mass is 284 g/mol. The molecule has 6 nitrogen and oxygen atoms in total. The summed E-state index contributed by atoms with van der Waals surface area (Å²) in [7, 11) is 1.63. The van der Waals surface area contributed by atoms with Crippen molar-refractivity contribution in [2.45, 2.75) is 25.1 Å². The molecule has 0 bridgehead atoms. The number of nitrogens with zero attached hydrogens (tertiary/aromatic N) is 2. The number of aliphatic hydroxyl groups is 1. The van der Waals surface area contributed by atoms with Crippen molar-refractivity contribution in [1.82, 2.24) is 9.80 Å². The predicted molar refractivity (Wildman–Crippen MR) is 69.9 cm³/mol. The molecule has 0 radical (unpaired) electrons. The Labute approximate surface area is 114 Å². The van der Waals surface area contributed by atoms with Crippen LogP contribution in [-0.2, 0) is 11.3 Å². The van der Waals surface area contributed by atoms with Gasteiger partial charge in [-0.3, -0.25) is 0 Å². The molecular weight excluding hydrogens is 268 g/mol. The Morgan fingerprint density at radius 1 is 1.58 bits per heavy atom. The molecule has 1 aliphatic heterocycles. The molecule has 0 aromatic carbocycles. The second kappa shape index (κ2) is 5.58. The highest BCUT2D eigenvalue weighted by molar-refractivity contribution is 7.07. The van der Waals surface area contributed by atoms with Crippen LogP contribution in [0.4, 0.5) is 4.79 Å². The van der Waals surface area contributed by atoms with Gasteiger partial charge in [0.1, 0.15) is 6.04 Å². The number of aliphatic hydroxyl groups excluding tert-OH is 1. The van der Waals surface area contributed by atoms with Crippen LogP contribution < -0.4 is 0 Å². The summed E-state index contributed by atoms with van der Waals surface area (Å²) in [6.45, 7) is 0.505. The van der Waals surface area contributed by atoms with Gasteiger partial charge in [-0.15, -0.1) is 0 Å². The lowest BCUT2D eigenvalue weighted by molar-refractivity contribution is -0.141. The molecule has 1 aromatic heterocycles. The highest BCUT2D eigenvalue weighted by Crippen LogP contribution is 2.20. The second-order valence-electron chi connectivity index (χ2n) is 4.67. The first-order valence-electron chi connectivity index (χ1n) is 5.92. The summed E-state index contributed by atoms with van der Waals surface area (Å²) in [5.41, 5.74) is 1.01. The van der Waals surface area contributed by atoms with Gasteiger partial charge < -0.3 is 20.0 Å². The number of carbonyl (C=O) groups is 2. The zero-order valence-electron chi connectivity index (χ0n) is 10.5. The Hall–Kier alpha value is -1.60. The average Bonchev–Trinajstić information content (AvgIpc) is 2.97. The van der Waals surface area contributed by atoms with Crippen molar-refractivity contribution < 1.29 is 19.8 Å². The predicted octanol–water partition coefficient (Wildman–Crippen LogP) is 0.820. The first-order chi connectivity index (χ1) is 8.99. The second-order valence-corrected chi connectivity index (χ2v) is 5.45. The molecule has 104 valence electrons. The lowest BCUT2D eigenvalue weighted by Crippen LogP contribution is -2.46. The maximum atomic E-state index is 12.2. The molecule has 7 heteroatoms. The number of carboxylic acids is 1. The van der Waals surface area contributed by atoms with E-state index in [0.29, 0.717) is 6.54 Å². The summed E-state index contributed by atoms with van der Waals surface area (Å²) in [5.74, 6) is -1.08. The van der Waals surface area contributed by atoms with E-state index < -0.39 is 18.1 Å². The Bertz CT molecular complexity index is 462. The molecule has 0 saturated carbocycles. The Kier molecular flexibility index (Phi) is 4.06. The van der Waals surface area contributed by atoms with Crippen LogP contribution in [0.15, 0.2) is 16.8 Å². The molecule has 2 rings (SSSR count). The lowest BCUT2D eigenvalue weighted by Gasteiger charge is -2.27. The quantitative estimate of drug-likeness (QED) is 0.861. The smallest absolute Gasteiger partial charge is 0.326 e. The van der Waals surface area contributed by atoms with Gasteiger partial charge in [0.15, 0.2) is 0 Å². The largest absolute Gasteiger partial charge is 0.480 e. The number of thiophene rings is 1. The molecule has 19 heavy (non-hydrogen) atoms. The van der Waals surface area contributed by atoms with Crippen LogP contribution in [0.5, 0.6) is 0 Å². The Morgan fingerprint density at radius 3 is 2.89 bits per heavy atom. The third-order valence-electron chi connectivity index (χ3n) is 3.14. The average molecular weight is 284 g/mol. The molecule has 1 aliphatic rings. The minimum Gasteiger partial charge on any atom is -0.480 e. The maximum Gasteiger partial charge on any atom is 0.326 e. The number of amides is 2. The number of hydrogen-bond acceptors (Lipinski definition) is 4. The number of likely N-dealkylation sites (tertiary alicyclic amines) is 1. The van der Waals surface area contributed by atoms with Crippen molar-refractivity contribution in [2.75, 3.05) is 13.6 Å². The van der Waals surface area contributed by atoms with Crippen LogP contribution in [0.1, 0.15) is 12.0 Å². The summed E-state index contributed by atoms with van der Waals surface area (Å²) in [4.78, 5) is 26.0. The number of rotatable bonds is 3. The van der Waals surface area contributed by atoms with Crippen LogP contribution in [0, 0.1) is 0 Å². The van der Waals surface area contributed by atoms with Gasteiger partial charge in [-0.25, -0.2) is 9.59 Å². The van der Waals surface area contributed by atoms with Gasteiger partial charge in [0.25, 0.3) is 0 Å². The lowest BCUT2D eigenvalue weighted by atomic mass is 10.2. The fraction of sp³-hybridized carbons (Fsp3) is 0.500. The van der Waals surface area contributed by atoms with Gasteiger partial charge in [-0.1, -0.05) is 0 Å². The molecular formula is C12H16N2O4S. The summed E-state index contributed by atoms with van der Waals surface area (Å²) < 4.78 is 0. The standard InChI is InChI=1S/C12H16N2O4S/c1-13(5-8-2-3-19-7-8)12(18)14-6-9(15)4-10(14)11(16)17/h2-3,7,9-10,15H,4-6H2,1H3,(H,16,17)/t9-,10-/m0/s1. The fourth-order valence-electron chi connectivity index (χ4n) is 2.20. The van der Waals surface area contributed by atoms with Gasteiger partial charge in [0.2, 0.25) is 0 Å². The highest BCUT2D eigenvalue weighted by atomic mass is 32.1. The summed E-state index contributed by atoms with van der Waals surface area (Å²) >= 11 is 1.55. The first kappa shape index (κ1) is 13.8. The third kappa shape index (κ3) is 3.05. The Balaban J connectivity index is 2.03. The molecule has 0 aliphatic carbocycles. The number of urea groups is 1. The zero-order valence-corrected chi connectivity index (χ0v) is 11.3. The van der Waals surface area contributed by atoms with E-state index in [1.54, 1.807) is 18.4 Å². The van der Waals surface area contributed by atoms with Gasteiger partial charge in [0.05, 0.1) is 6.10 Å². The van der Waals surface area contributed by atoms with E-state index in [-0.39, 0.29) is 19.0 Å². The first-order valence-corrected chi connectivity index (χ1v) is 6.87. The van der Waals surface area contributed by atoms with E-state index in [4.69, 9.17) is 5.11 Å². The van der Waals surface area contributed by atoms with Gasteiger partial charge >= 0.3 is 12.0 Å². The van der Waals surface area contributed by atoms with Crippen molar-refractivity contribution in [3.05, 3.63) is 22.4 Å². The summed E-state index contributed by atoms with van der Waals surface area (Å²) in [6, 6.07) is 0.615. The molecule has 2 N–H and O–H groups in total.